The van der Waals surface area contributed by atoms with Crippen LogP contribution in [0.4, 0.5) is 15.2 Å². The number of rotatable bonds is 8. The summed E-state index contributed by atoms with van der Waals surface area (Å²) in [5.74, 6) is 0.624. The Morgan fingerprint density at radius 2 is 2.07 bits per heavy atom. The molecule has 2 aromatic carbocycles. The van der Waals surface area contributed by atoms with Gasteiger partial charge >= 0.3 is 0 Å². The number of anilines is 2. The van der Waals surface area contributed by atoms with Gasteiger partial charge in [0.15, 0.2) is 4.34 Å². The Morgan fingerprint density at radius 3 is 2.86 bits per heavy atom. The Balaban J connectivity index is 1.51. The number of carbonyl (C=O) groups is 1. The molecule has 0 unspecified atom stereocenters. The summed E-state index contributed by atoms with van der Waals surface area (Å²) in [5, 5.41) is 11.4. The van der Waals surface area contributed by atoms with Crippen LogP contribution in [0.5, 0.6) is 5.75 Å². The lowest BCUT2D eigenvalue weighted by molar-refractivity contribution is -0.127. The van der Waals surface area contributed by atoms with E-state index in [1.54, 1.807) is 37.3 Å². The Hall–Kier alpha value is -2.65. The summed E-state index contributed by atoms with van der Waals surface area (Å²) in [4.78, 5) is 14.0. The van der Waals surface area contributed by atoms with Crippen LogP contribution < -0.4 is 10.1 Å². The highest BCUT2D eigenvalue weighted by molar-refractivity contribution is 8.01. The number of amides is 1. The standard InChI is InChI=1S/C19H19FN4O2S2/c1-24(11-13-6-5-7-14(10-13)26-2)17(25)12-27-19-23-22-18(28-19)21-16-9-4-3-8-15(16)20/h3-10H,11-12H2,1-2H3,(H,21,22). The first-order chi connectivity index (χ1) is 13.5. The van der Waals surface area contributed by atoms with Crippen LogP contribution in [0, 0.1) is 5.82 Å². The van der Waals surface area contributed by atoms with Gasteiger partial charge in [0, 0.05) is 13.6 Å². The van der Waals surface area contributed by atoms with Crippen LogP contribution in [-0.4, -0.2) is 40.9 Å². The Labute approximate surface area is 170 Å². The monoisotopic (exact) mass is 418 g/mol. The van der Waals surface area contributed by atoms with Gasteiger partial charge in [-0.1, -0.05) is 47.4 Å². The smallest absolute Gasteiger partial charge is 0.233 e. The van der Waals surface area contributed by atoms with E-state index in [0.29, 0.717) is 21.7 Å². The summed E-state index contributed by atoms with van der Waals surface area (Å²) >= 11 is 2.58. The van der Waals surface area contributed by atoms with Crippen molar-refractivity contribution in [3.8, 4) is 5.75 Å². The number of halogens is 1. The quantitative estimate of drug-likeness (QED) is 0.554. The van der Waals surface area contributed by atoms with Crippen molar-refractivity contribution in [1.29, 1.82) is 0 Å². The first-order valence-corrected chi connectivity index (χ1v) is 10.2. The highest BCUT2D eigenvalue weighted by Gasteiger charge is 2.13. The number of nitrogens with one attached hydrogen (secondary N) is 1. The van der Waals surface area contributed by atoms with Crippen molar-refractivity contribution in [2.75, 3.05) is 25.2 Å². The van der Waals surface area contributed by atoms with Crippen molar-refractivity contribution in [1.82, 2.24) is 15.1 Å². The lowest BCUT2D eigenvalue weighted by Gasteiger charge is -2.17. The number of hydrogen-bond acceptors (Lipinski definition) is 7. The molecule has 0 radical (unpaired) electrons. The highest BCUT2D eigenvalue weighted by atomic mass is 32.2. The third-order valence-electron chi connectivity index (χ3n) is 3.82. The van der Waals surface area contributed by atoms with Gasteiger partial charge in [-0.3, -0.25) is 4.79 Å². The average molecular weight is 419 g/mol. The highest BCUT2D eigenvalue weighted by Crippen LogP contribution is 2.28. The van der Waals surface area contributed by atoms with E-state index in [2.05, 4.69) is 15.5 Å². The van der Waals surface area contributed by atoms with E-state index in [-0.39, 0.29) is 17.5 Å². The summed E-state index contributed by atoms with van der Waals surface area (Å²) in [6, 6.07) is 14.0. The van der Waals surface area contributed by atoms with E-state index in [0.717, 1.165) is 11.3 Å². The molecule has 1 aromatic heterocycles. The lowest BCUT2D eigenvalue weighted by atomic mass is 10.2. The van der Waals surface area contributed by atoms with Crippen LogP contribution in [0.25, 0.3) is 0 Å². The number of para-hydroxylation sites is 1. The van der Waals surface area contributed by atoms with Crippen LogP contribution in [0.3, 0.4) is 0 Å². The third kappa shape index (κ3) is 5.43. The van der Waals surface area contributed by atoms with Crippen molar-refractivity contribution in [3.05, 3.63) is 59.9 Å². The third-order valence-corrected chi connectivity index (χ3v) is 5.78. The van der Waals surface area contributed by atoms with Crippen LogP contribution >= 0.6 is 23.1 Å². The van der Waals surface area contributed by atoms with Gasteiger partial charge < -0.3 is 15.0 Å². The molecule has 6 nitrogen and oxygen atoms in total. The van der Waals surface area contributed by atoms with E-state index in [1.165, 1.54) is 29.2 Å². The number of benzene rings is 2. The van der Waals surface area contributed by atoms with E-state index in [4.69, 9.17) is 4.74 Å². The molecule has 28 heavy (non-hydrogen) atoms. The molecule has 0 saturated carbocycles. The molecule has 3 aromatic rings. The van der Waals surface area contributed by atoms with Gasteiger partial charge in [-0.2, -0.15) is 0 Å². The summed E-state index contributed by atoms with van der Waals surface area (Å²) in [7, 11) is 3.37. The van der Waals surface area contributed by atoms with E-state index < -0.39 is 0 Å². The molecule has 1 heterocycles. The number of hydrogen-bond donors (Lipinski definition) is 1. The predicted molar refractivity (Wildman–Crippen MR) is 110 cm³/mol. The first kappa shape index (κ1) is 20.1. The lowest BCUT2D eigenvalue weighted by Crippen LogP contribution is -2.27. The molecule has 3 rings (SSSR count). The van der Waals surface area contributed by atoms with Crippen molar-refractivity contribution >= 4 is 39.8 Å². The first-order valence-electron chi connectivity index (χ1n) is 8.40. The molecule has 146 valence electrons. The second-order valence-corrected chi connectivity index (χ2v) is 8.07. The average Bonchev–Trinajstić information content (AvgIpc) is 3.15. The van der Waals surface area contributed by atoms with E-state index in [1.807, 2.05) is 24.3 Å². The molecule has 0 saturated heterocycles. The fourth-order valence-corrected chi connectivity index (χ4v) is 4.07. The van der Waals surface area contributed by atoms with Gasteiger partial charge in [-0.05, 0) is 29.8 Å². The van der Waals surface area contributed by atoms with E-state index >= 15 is 0 Å². The van der Waals surface area contributed by atoms with Gasteiger partial charge in [0.2, 0.25) is 11.0 Å². The SMILES string of the molecule is COc1cccc(CN(C)C(=O)CSc2nnc(Nc3ccccc3F)s2)c1. The van der Waals surface area contributed by atoms with Crippen molar-refractivity contribution in [2.45, 2.75) is 10.9 Å². The molecule has 0 spiro atoms. The maximum atomic E-state index is 13.7. The topological polar surface area (TPSA) is 67.3 Å². The number of aromatic nitrogens is 2. The number of nitrogens with zero attached hydrogens (tertiary/aromatic N) is 3. The maximum absolute atomic E-state index is 13.7. The van der Waals surface area contributed by atoms with Crippen molar-refractivity contribution in [2.24, 2.45) is 0 Å². The van der Waals surface area contributed by atoms with Gasteiger partial charge in [-0.15, -0.1) is 10.2 Å². The van der Waals surface area contributed by atoms with Gasteiger partial charge in [0.05, 0.1) is 18.6 Å². The number of thioether (sulfide) groups is 1. The molecular weight excluding hydrogens is 399 g/mol. The summed E-state index contributed by atoms with van der Waals surface area (Å²) in [5.41, 5.74) is 1.33. The zero-order chi connectivity index (χ0) is 19.9. The zero-order valence-corrected chi connectivity index (χ0v) is 17.0. The minimum absolute atomic E-state index is 0.0216. The number of carbonyl (C=O) groups excluding carboxylic acids is 1. The summed E-state index contributed by atoms with van der Waals surface area (Å²) in [6.45, 7) is 0.493. The molecule has 1 N–H and O–H groups in total. The van der Waals surface area contributed by atoms with Crippen LogP contribution in [0.15, 0.2) is 52.9 Å². The zero-order valence-electron chi connectivity index (χ0n) is 15.4. The van der Waals surface area contributed by atoms with Gasteiger partial charge in [0.1, 0.15) is 11.6 Å². The molecule has 0 aliphatic rings. The minimum atomic E-state index is -0.360. The Morgan fingerprint density at radius 1 is 1.25 bits per heavy atom. The molecule has 0 fully saturated rings. The second-order valence-electron chi connectivity index (χ2n) is 5.87. The fraction of sp³-hybridized carbons (Fsp3) is 0.211. The molecule has 0 atom stereocenters. The van der Waals surface area contributed by atoms with E-state index in [9.17, 15) is 9.18 Å². The number of ether oxygens (including phenoxy) is 1. The van der Waals surface area contributed by atoms with Gasteiger partial charge in [-0.25, -0.2) is 4.39 Å². The summed E-state index contributed by atoms with van der Waals surface area (Å²) in [6.07, 6.45) is 0. The van der Waals surface area contributed by atoms with Gasteiger partial charge in [0.25, 0.3) is 0 Å². The molecule has 0 aliphatic carbocycles. The number of methoxy groups -OCH3 is 1. The summed E-state index contributed by atoms with van der Waals surface area (Å²) < 4.78 is 19.5. The Kier molecular flexibility index (Phi) is 6.83. The van der Waals surface area contributed by atoms with Crippen LogP contribution in [-0.2, 0) is 11.3 Å². The van der Waals surface area contributed by atoms with Crippen molar-refractivity contribution < 1.29 is 13.9 Å². The second kappa shape index (κ2) is 9.52. The molecule has 9 heteroatoms. The predicted octanol–water partition coefficient (Wildman–Crippen LogP) is 4.18. The largest absolute Gasteiger partial charge is 0.497 e. The van der Waals surface area contributed by atoms with Crippen LogP contribution in [0.1, 0.15) is 5.56 Å². The van der Waals surface area contributed by atoms with Crippen molar-refractivity contribution in [3.63, 3.8) is 0 Å². The molecule has 1 amide bonds. The Bertz CT molecular complexity index is 951. The maximum Gasteiger partial charge on any atom is 0.233 e. The van der Waals surface area contributed by atoms with Crippen LogP contribution in [0.2, 0.25) is 0 Å². The minimum Gasteiger partial charge on any atom is -0.497 e. The molecule has 0 aliphatic heterocycles. The normalized spacial score (nSPS) is 10.5. The fourth-order valence-electron chi connectivity index (χ4n) is 2.36. The molecular formula is C19H19FN4O2S2. The molecule has 0 bridgehead atoms.